The molecule has 0 fully saturated rings. The second-order valence-electron chi connectivity index (χ2n) is 7.36. The van der Waals surface area contributed by atoms with Crippen LogP contribution in [0.5, 0.6) is 0 Å². The SMILES string of the molecule is CN(C)c1ccc([P+](CN=C=O)(c2ccccc2)c2ccc(N(C)C)cc2)cc1. The third-order valence-corrected chi connectivity index (χ3v) is 9.26. The van der Waals surface area contributed by atoms with Gasteiger partial charge in [-0.15, -0.1) is 0 Å². The van der Waals surface area contributed by atoms with E-state index in [2.05, 4.69) is 87.6 Å². The molecule has 0 N–H and O–H groups in total. The fourth-order valence-corrected chi connectivity index (χ4v) is 7.17. The molecule has 0 radical (unpaired) electrons. The summed E-state index contributed by atoms with van der Waals surface area (Å²) in [7, 11) is 6.00. The average molecular weight is 404 g/mol. The Bertz CT molecular complexity index is 925. The van der Waals surface area contributed by atoms with Crippen LogP contribution in [0.1, 0.15) is 0 Å². The maximum atomic E-state index is 11.1. The number of hydrogen-bond donors (Lipinski definition) is 0. The van der Waals surface area contributed by atoms with Crippen LogP contribution in [0.15, 0.2) is 83.9 Å². The highest BCUT2D eigenvalue weighted by molar-refractivity contribution is 7.95. The Labute approximate surface area is 173 Å². The fourth-order valence-electron chi connectivity index (χ4n) is 3.52. The number of hydrogen-bond acceptors (Lipinski definition) is 4. The van der Waals surface area contributed by atoms with Crippen LogP contribution in [0.25, 0.3) is 0 Å². The molecule has 0 amide bonds. The van der Waals surface area contributed by atoms with Crippen LogP contribution in [0.4, 0.5) is 11.4 Å². The molecule has 148 valence electrons. The lowest BCUT2D eigenvalue weighted by Crippen LogP contribution is -2.33. The minimum Gasteiger partial charge on any atom is -0.378 e. The zero-order chi connectivity index (χ0) is 20.9. The molecule has 3 aromatic rings. The van der Waals surface area contributed by atoms with Gasteiger partial charge < -0.3 is 9.80 Å². The van der Waals surface area contributed by atoms with Crippen LogP contribution < -0.4 is 25.7 Å². The first-order chi connectivity index (χ1) is 14.0. The molecule has 0 heterocycles. The number of carbonyl (C=O) groups excluding carboxylic acids is 1. The van der Waals surface area contributed by atoms with Gasteiger partial charge in [0.15, 0.2) is 6.29 Å². The van der Waals surface area contributed by atoms with E-state index in [0.29, 0.717) is 6.29 Å². The second kappa shape index (κ2) is 9.05. The largest absolute Gasteiger partial charge is 0.378 e. The number of benzene rings is 3. The smallest absolute Gasteiger partial charge is 0.238 e. The lowest BCUT2D eigenvalue weighted by atomic mass is 10.3. The molecular formula is C24H27N3OP+. The summed E-state index contributed by atoms with van der Waals surface area (Å²) in [6, 6.07) is 27.6. The molecule has 3 aromatic carbocycles. The molecule has 4 nitrogen and oxygen atoms in total. The van der Waals surface area contributed by atoms with Crippen LogP contribution >= 0.6 is 7.26 Å². The van der Waals surface area contributed by atoms with E-state index < -0.39 is 7.26 Å². The highest BCUT2D eigenvalue weighted by Gasteiger charge is 2.45. The lowest BCUT2D eigenvalue weighted by Gasteiger charge is -2.26. The van der Waals surface area contributed by atoms with Crippen LogP contribution in [-0.4, -0.2) is 40.6 Å². The molecular weight excluding hydrogens is 377 g/mol. The van der Waals surface area contributed by atoms with Gasteiger partial charge in [0.25, 0.3) is 0 Å². The van der Waals surface area contributed by atoms with Crippen molar-refractivity contribution in [3.05, 3.63) is 78.9 Å². The Morgan fingerprint density at radius 3 is 1.48 bits per heavy atom. The maximum Gasteiger partial charge on any atom is 0.238 e. The predicted molar refractivity (Wildman–Crippen MR) is 127 cm³/mol. The molecule has 0 bridgehead atoms. The first-order valence-electron chi connectivity index (χ1n) is 9.52. The lowest BCUT2D eigenvalue weighted by molar-refractivity contribution is 0.564. The summed E-state index contributed by atoms with van der Waals surface area (Å²) >= 11 is 0. The van der Waals surface area contributed by atoms with E-state index in [1.807, 2.05) is 34.3 Å². The second-order valence-corrected chi connectivity index (χ2v) is 10.8. The standard InChI is InChI=1S/C24H27N3OP/c1-26(2)20-10-14-23(15-11-20)29(19-25-18-28,22-8-6-5-7-9-22)24-16-12-21(13-17-24)27(3)4/h5-17H,19H2,1-4H3/q+1. The number of rotatable bonds is 7. The van der Waals surface area contributed by atoms with Gasteiger partial charge in [-0.2, -0.15) is 4.99 Å². The van der Waals surface area contributed by atoms with Crippen molar-refractivity contribution in [3.63, 3.8) is 0 Å². The topological polar surface area (TPSA) is 35.9 Å². The Morgan fingerprint density at radius 2 is 1.10 bits per heavy atom. The van der Waals surface area contributed by atoms with Gasteiger partial charge in [0, 0.05) is 39.6 Å². The van der Waals surface area contributed by atoms with Crippen molar-refractivity contribution in [2.24, 2.45) is 4.99 Å². The highest BCUT2D eigenvalue weighted by atomic mass is 31.2. The van der Waals surface area contributed by atoms with Gasteiger partial charge >= 0.3 is 0 Å². The normalized spacial score (nSPS) is 10.9. The van der Waals surface area contributed by atoms with Crippen molar-refractivity contribution in [2.45, 2.75) is 0 Å². The molecule has 0 aliphatic carbocycles. The summed E-state index contributed by atoms with van der Waals surface area (Å²) in [5, 5.41) is 3.60. The minimum atomic E-state index is -2.14. The molecule has 0 aromatic heterocycles. The zero-order valence-corrected chi connectivity index (χ0v) is 18.3. The first-order valence-corrected chi connectivity index (χ1v) is 11.5. The van der Waals surface area contributed by atoms with E-state index in [1.165, 1.54) is 15.9 Å². The molecule has 0 saturated carbocycles. The molecule has 0 unspecified atom stereocenters. The monoisotopic (exact) mass is 404 g/mol. The molecule has 0 saturated heterocycles. The Hall–Kier alpha value is -2.93. The van der Waals surface area contributed by atoms with Gasteiger partial charge in [-0.1, -0.05) is 18.2 Å². The average Bonchev–Trinajstić information content (AvgIpc) is 2.75. The summed E-state index contributed by atoms with van der Waals surface area (Å²) in [5.74, 6) is 0. The number of aliphatic imine (C=N–C) groups is 1. The van der Waals surface area contributed by atoms with Crippen molar-refractivity contribution < 1.29 is 4.79 Å². The summed E-state index contributed by atoms with van der Waals surface area (Å²) in [4.78, 5) is 19.4. The molecule has 3 rings (SSSR count). The van der Waals surface area contributed by atoms with Crippen LogP contribution in [0.3, 0.4) is 0 Å². The molecule has 0 aliphatic rings. The molecule has 0 aliphatic heterocycles. The van der Waals surface area contributed by atoms with Crippen LogP contribution in [-0.2, 0) is 4.79 Å². The number of nitrogens with zero attached hydrogens (tertiary/aromatic N) is 3. The van der Waals surface area contributed by atoms with Crippen molar-refractivity contribution in [3.8, 4) is 0 Å². The van der Waals surface area contributed by atoms with Gasteiger partial charge in [0.1, 0.15) is 23.2 Å². The summed E-state index contributed by atoms with van der Waals surface area (Å²) in [6.45, 7) is 0. The van der Waals surface area contributed by atoms with Gasteiger partial charge in [0.2, 0.25) is 6.08 Å². The number of isocyanates is 1. The minimum absolute atomic E-state index is 0.406. The van der Waals surface area contributed by atoms with E-state index in [9.17, 15) is 4.79 Å². The third kappa shape index (κ3) is 4.24. The molecule has 29 heavy (non-hydrogen) atoms. The quantitative estimate of drug-likeness (QED) is 0.344. The summed E-state index contributed by atoms with van der Waals surface area (Å²) in [5.41, 5.74) is 2.28. The molecule has 5 heteroatoms. The summed E-state index contributed by atoms with van der Waals surface area (Å²) < 4.78 is 0. The fraction of sp³-hybridized carbons (Fsp3) is 0.208. The molecule has 0 spiro atoms. The number of anilines is 2. The van der Waals surface area contributed by atoms with Crippen LogP contribution in [0.2, 0.25) is 0 Å². The van der Waals surface area contributed by atoms with Crippen molar-refractivity contribution >= 4 is 40.6 Å². The van der Waals surface area contributed by atoms with E-state index in [4.69, 9.17) is 0 Å². The predicted octanol–water partition coefficient (Wildman–Crippen LogP) is 3.41. The van der Waals surface area contributed by atoms with Gasteiger partial charge in [0.05, 0.1) is 0 Å². The van der Waals surface area contributed by atoms with Gasteiger partial charge in [-0.05, 0) is 60.7 Å². The van der Waals surface area contributed by atoms with Crippen molar-refractivity contribution in [2.75, 3.05) is 44.3 Å². The van der Waals surface area contributed by atoms with E-state index >= 15 is 0 Å². The highest BCUT2D eigenvalue weighted by Crippen LogP contribution is 2.55. The third-order valence-electron chi connectivity index (χ3n) is 5.16. The van der Waals surface area contributed by atoms with Crippen molar-refractivity contribution in [1.29, 1.82) is 0 Å². The van der Waals surface area contributed by atoms with Crippen molar-refractivity contribution in [1.82, 2.24) is 0 Å². The molecule has 0 atom stereocenters. The zero-order valence-electron chi connectivity index (χ0n) is 17.4. The Kier molecular flexibility index (Phi) is 6.49. The van der Waals surface area contributed by atoms with E-state index in [1.54, 1.807) is 6.08 Å². The summed E-state index contributed by atoms with van der Waals surface area (Å²) in [6.07, 6.45) is 2.18. The van der Waals surface area contributed by atoms with E-state index in [0.717, 1.165) is 11.4 Å². The van der Waals surface area contributed by atoms with Gasteiger partial charge in [-0.3, -0.25) is 0 Å². The van der Waals surface area contributed by atoms with Crippen LogP contribution in [0, 0.1) is 0 Å². The Balaban J connectivity index is 2.26. The van der Waals surface area contributed by atoms with Gasteiger partial charge in [-0.25, -0.2) is 4.79 Å². The first kappa shape index (κ1) is 20.8. The Morgan fingerprint density at radius 1 is 0.690 bits per heavy atom. The van der Waals surface area contributed by atoms with E-state index in [-0.39, 0.29) is 0 Å². The maximum absolute atomic E-state index is 11.1.